The topological polar surface area (TPSA) is 52.1 Å². The third-order valence-electron chi connectivity index (χ3n) is 4.10. The largest absolute Gasteiger partial charge is 0.434 e. The highest BCUT2D eigenvalue weighted by atomic mass is 32.2. The Morgan fingerprint density at radius 3 is 2.67 bits per heavy atom. The van der Waals surface area contributed by atoms with Crippen molar-refractivity contribution in [2.75, 3.05) is 5.75 Å². The lowest BCUT2D eigenvalue weighted by atomic mass is 10.1. The van der Waals surface area contributed by atoms with E-state index >= 15 is 0 Å². The number of thioether (sulfide) groups is 1. The number of carbonyl (C=O) groups is 1. The number of nitrogens with zero attached hydrogens (tertiary/aromatic N) is 2. The Balaban J connectivity index is 1.89. The molecular weight excluding hydrogens is 390 g/mol. The van der Waals surface area contributed by atoms with Crippen LogP contribution >= 0.6 is 23.1 Å². The zero-order chi connectivity index (χ0) is 19.7. The van der Waals surface area contributed by atoms with Crippen LogP contribution in [0.25, 0.3) is 10.2 Å². The Labute approximate surface area is 164 Å². The van der Waals surface area contributed by atoms with Gasteiger partial charge in [-0.3, -0.25) is 4.79 Å². The molecular formula is C19H18F2N2O2S2. The molecule has 0 saturated heterocycles. The summed E-state index contributed by atoms with van der Waals surface area (Å²) in [5.74, 6) is 0.320. The summed E-state index contributed by atoms with van der Waals surface area (Å²) in [7, 11) is 0. The molecule has 3 aromatic rings. The van der Waals surface area contributed by atoms with Crippen LogP contribution in [0, 0.1) is 27.7 Å². The zero-order valence-electron chi connectivity index (χ0n) is 15.3. The van der Waals surface area contributed by atoms with Gasteiger partial charge in [0.1, 0.15) is 21.4 Å². The van der Waals surface area contributed by atoms with Gasteiger partial charge in [0.15, 0.2) is 5.78 Å². The van der Waals surface area contributed by atoms with Crippen LogP contribution in [0.1, 0.15) is 32.2 Å². The number of carbonyl (C=O) groups excluding carboxylic acids is 1. The molecule has 0 amide bonds. The van der Waals surface area contributed by atoms with Crippen LogP contribution in [-0.2, 0) is 0 Å². The van der Waals surface area contributed by atoms with Gasteiger partial charge in [0, 0.05) is 10.3 Å². The van der Waals surface area contributed by atoms with Crippen molar-refractivity contribution in [2.45, 2.75) is 39.3 Å². The number of ether oxygens (including phenoxy) is 1. The molecule has 142 valence electrons. The maximum atomic E-state index is 12.7. The number of fused-ring (bicyclic) bond motifs is 1. The van der Waals surface area contributed by atoms with Crippen LogP contribution in [0.4, 0.5) is 8.78 Å². The van der Waals surface area contributed by atoms with E-state index in [1.165, 1.54) is 17.8 Å². The molecule has 3 rings (SSSR count). The smallest absolute Gasteiger partial charge is 0.387 e. The highest BCUT2D eigenvalue weighted by molar-refractivity contribution is 8.00. The average Bonchev–Trinajstić information content (AvgIpc) is 2.87. The van der Waals surface area contributed by atoms with Gasteiger partial charge in [-0.05, 0) is 45.4 Å². The Hall–Kier alpha value is -2.06. The van der Waals surface area contributed by atoms with Crippen LogP contribution < -0.4 is 4.74 Å². The van der Waals surface area contributed by atoms with Crippen molar-refractivity contribution in [3.63, 3.8) is 0 Å². The molecule has 0 radical (unpaired) electrons. The first-order valence-corrected chi connectivity index (χ1v) is 10.0. The van der Waals surface area contributed by atoms with Crippen LogP contribution in [0.15, 0.2) is 23.2 Å². The SMILES string of the molecule is Cc1ccc(OC(F)F)c(C(=O)CSc2nc(C)nc3sc(C)c(C)c23)c1. The lowest BCUT2D eigenvalue weighted by Gasteiger charge is -2.11. The van der Waals surface area contributed by atoms with E-state index in [4.69, 9.17) is 0 Å². The Bertz CT molecular complexity index is 1020. The van der Waals surface area contributed by atoms with E-state index in [1.54, 1.807) is 30.4 Å². The summed E-state index contributed by atoms with van der Waals surface area (Å²) in [5.41, 5.74) is 2.06. The van der Waals surface area contributed by atoms with E-state index < -0.39 is 6.61 Å². The molecule has 2 heterocycles. The number of Topliss-reactive ketones (excluding diaryl/α,β-unsaturated/α-hetero) is 1. The van der Waals surface area contributed by atoms with E-state index in [0.29, 0.717) is 5.82 Å². The van der Waals surface area contributed by atoms with Gasteiger partial charge in [-0.15, -0.1) is 11.3 Å². The minimum atomic E-state index is -2.98. The van der Waals surface area contributed by atoms with Gasteiger partial charge in [-0.2, -0.15) is 8.78 Å². The van der Waals surface area contributed by atoms with Gasteiger partial charge in [0.2, 0.25) is 0 Å². The predicted octanol–water partition coefficient (Wildman–Crippen LogP) is 5.50. The molecule has 0 aliphatic heterocycles. The zero-order valence-corrected chi connectivity index (χ0v) is 16.9. The summed E-state index contributed by atoms with van der Waals surface area (Å²) in [6, 6.07) is 4.61. The van der Waals surface area contributed by atoms with Crippen molar-refractivity contribution in [1.82, 2.24) is 9.97 Å². The number of hydrogen-bond donors (Lipinski definition) is 0. The molecule has 0 saturated carbocycles. The molecule has 0 N–H and O–H groups in total. The summed E-state index contributed by atoms with van der Waals surface area (Å²) >= 11 is 2.89. The molecule has 0 atom stereocenters. The number of hydrogen-bond acceptors (Lipinski definition) is 6. The third-order valence-corrected chi connectivity index (χ3v) is 6.18. The summed E-state index contributed by atoms with van der Waals surface area (Å²) in [6.07, 6.45) is 0. The van der Waals surface area contributed by atoms with Crippen molar-refractivity contribution in [1.29, 1.82) is 0 Å². The fourth-order valence-electron chi connectivity index (χ4n) is 2.69. The van der Waals surface area contributed by atoms with Crippen molar-refractivity contribution >= 4 is 39.1 Å². The van der Waals surface area contributed by atoms with Crippen LogP contribution in [0.5, 0.6) is 5.75 Å². The fraction of sp³-hybridized carbons (Fsp3) is 0.316. The van der Waals surface area contributed by atoms with Gasteiger partial charge < -0.3 is 4.74 Å². The van der Waals surface area contributed by atoms with Gasteiger partial charge in [0.25, 0.3) is 0 Å². The fourth-order valence-corrected chi connectivity index (χ4v) is 4.84. The van der Waals surface area contributed by atoms with Crippen molar-refractivity contribution < 1.29 is 18.3 Å². The second-order valence-electron chi connectivity index (χ2n) is 6.13. The monoisotopic (exact) mass is 408 g/mol. The van der Waals surface area contributed by atoms with Gasteiger partial charge in [-0.1, -0.05) is 23.4 Å². The van der Waals surface area contributed by atoms with E-state index in [9.17, 15) is 13.6 Å². The van der Waals surface area contributed by atoms with Crippen LogP contribution in [0.2, 0.25) is 0 Å². The summed E-state index contributed by atoms with van der Waals surface area (Å²) in [4.78, 5) is 23.7. The molecule has 0 bridgehead atoms. The summed E-state index contributed by atoms with van der Waals surface area (Å²) < 4.78 is 29.8. The second-order valence-corrected chi connectivity index (χ2v) is 8.30. The Morgan fingerprint density at radius 2 is 1.96 bits per heavy atom. The Morgan fingerprint density at radius 1 is 1.22 bits per heavy atom. The lowest BCUT2D eigenvalue weighted by Crippen LogP contribution is -2.10. The first-order valence-electron chi connectivity index (χ1n) is 8.22. The van der Waals surface area contributed by atoms with Crippen LogP contribution in [0.3, 0.4) is 0 Å². The molecule has 27 heavy (non-hydrogen) atoms. The summed E-state index contributed by atoms with van der Waals surface area (Å²) in [6.45, 7) is 4.66. The molecule has 1 aromatic carbocycles. The Kier molecular flexibility index (Phi) is 5.76. The highest BCUT2D eigenvalue weighted by Crippen LogP contribution is 2.35. The number of ketones is 1. The molecule has 0 spiro atoms. The lowest BCUT2D eigenvalue weighted by molar-refractivity contribution is -0.0501. The van der Waals surface area contributed by atoms with E-state index in [2.05, 4.69) is 14.7 Å². The summed E-state index contributed by atoms with van der Waals surface area (Å²) in [5, 5.41) is 1.69. The van der Waals surface area contributed by atoms with E-state index in [-0.39, 0.29) is 22.8 Å². The molecule has 2 aromatic heterocycles. The second kappa shape index (κ2) is 7.90. The van der Waals surface area contributed by atoms with Gasteiger partial charge in [0.05, 0.1) is 11.3 Å². The van der Waals surface area contributed by atoms with Gasteiger partial charge >= 0.3 is 6.61 Å². The quantitative estimate of drug-likeness (QED) is 0.306. The molecule has 8 heteroatoms. The molecule has 0 fully saturated rings. The molecule has 4 nitrogen and oxygen atoms in total. The standard InChI is InChI=1S/C19H18F2N2O2S2/c1-9-5-6-15(25-19(20)21)13(7-9)14(24)8-26-17-16-10(2)11(3)27-18(16)23-12(4)22-17/h5-7,19H,8H2,1-4H3. The van der Waals surface area contributed by atoms with Crippen molar-refractivity contribution in [3.05, 3.63) is 45.6 Å². The van der Waals surface area contributed by atoms with Crippen molar-refractivity contribution in [2.24, 2.45) is 0 Å². The van der Waals surface area contributed by atoms with Crippen molar-refractivity contribution in [3.8, 4) is 5.75 Å². The van der Waals surface area contributed by atoms with Crippen LogP contribution in [-0.4, -0.2) is 28.1 Å². The molecule has 0 aliphatic carbocycles. The van der Waals surface area contributed by atoms with Gasteiger partial charge in [-0.25, -0.2) is 9.97 Å². The normalized spacial score (nSPS) is 11.4. The van der Waals surface area contributed by atoms with E-state index in [1.807, 2.05) is 20.8 Å². The predicted molar refractivity (Wildman–Crippen MR) is 104 cm³/mol. The minimum Gasteiger partial charge on any atom is -0.434 e. The number of rotatable bonds is 6. The highest BCUT2D eigenvalue weighted by Gasteiger charge is 2.19. The molecule has 0 aliphatic rings. The third kappa shape index (κ3) is 4.27. The minimum absolute atomic E-state index is 0.0724. The first-order chi connectivity index (χ1) is 12.8. The number of aryl methyl sites for hydroxylation is 4. The maximum absolute atomic E-state index is 12.7. The molecule has 0 unspecified atom stereocenters. The number of benzene rings is 1. The average molecular weight is 408 g/mol. The number of thiophene rings is 1. The first kappa shape index (κ1) is 19.7. The number of alkyl halides is 2. The maximum Gasteiger partial charge on any atom is 0.387 e. The number of aromatic nitrogens is 2. The number of halogens is 2. The van der Waals surface area contributed by atoms with E-state index in [0.717, 1.165) is 31.2 Å².